The van der Waals surface area contributed by atoms with Crippen LogP contribution in [0, 0.1) is 11.8 Å². The minimum absolute atomic E-state index is 0.0359. The van der Waals surface area contributed by atoms with Gasteiger partial charge in [-0.1, -0.05) is 156 Å². The number of alkyl halides is 3. The Hall–Kier alpha value is -3.96. The first-order chi connectivity index (χ1) is 33.6. The summed E-state index contributed by atoms with van der Waals surface area (Å²) in [7, 11) is 0. The number of hydrogen-bond acceptors (Lipinski definition) is 14. The van der Waals surface area contributed by atoms with Crippen LogP contribution in [0.4, 0.5) is 13.2 Å². The Labute approximate surface area is 417 Å². The molecule has 70 heavy (non-hydrogen) atoms. The number of aliphatic carboxylic acids is 1. The molecule has 15 nitrogen and oxygen atoms in total. The molecule has 2 N–H and O–H groups in total. The Bertz CT molecular complexity index is 1200. The van der Waals surface area contributed by atoms with Crippen molar-refractivity contribution < 1.29 is 80.3 Å². The summed E-state index contributed by atoms with van der Waals surface area (Å²) in [4.78, 5) is 85.1. The van der Waals surface area contributed by atoms with Crippen molar-refractivity contribution in [3.63, 3.8) is 0 Å². The summed E-state index contributed by atoms with van der Waals surface area (Å²) in [6.45, 7) is 10.6. The molecule has 0 rings (SSSR count). The van der Waals surface area contributed by atoms with E-state index >= 15 is 0 Å². The molecule has 0 radical (unpaired) electrons. The average molecular weight is 1010 g/mol. The molecular formula is C52H92F3NO14. The van der Waals surface area contributed by atoms with Crippen LogP contribution in [0.2, 0.25) is 0 Å². The predicted molar refractivity (Wildman–Crippen MR) is 261 cm³/mol. The maximum atomic E-state index is 12.8. The monoisotopic (exact) mass is 1010 g/mol. The van der Waals surface area contributed by atoms with Gasteiger partial charge in [0.2, 0.25) is 0 Å². The Morgan fingerprint density at radius 2 is 0.543 bits per heavy atom. The summed E-state index contributed by atoms with van der Waals surface area (Å²) in [5, 5.41) is 10.2. The number of carboxylic acid groups (broad SMARTS) is 1. The second-order valence-corrected chi connectivity index (χ2v) is 17.9. The van der Waals surface area contributed by atoms with Crippen LogP contribution in [0.25, 0.3) is 0 Å². The standard InChI is InChI=1S/C50H91NO12.C2HF3O2/c1-5-9-13-17-21-25-31-58-45(52)37-43(38-46(53)59-32-26-22-18-14-10-6-2)41-49(56)62-35-29-51-30-36-63-50(57)42-44(39-47(54)60-33-27-23-19-15-11-7-3)40-48(55)61-34-28-24-20-16-12-8-4;3-2(4,5)1(6)7/h43-44,51H,5-42H2,1-4H3;(H,6,7). The van der Waals surface area contributed by atoms with Crippen molar-refractivity contribution >= 4 is 41.8 Å². The molecule has 0 aromatic heterocycles. The molecule has 0 aliphatic heterocycles. The molecule has 0 fully saturated rings. The topological polar surface area (TPSA) is 207 Å². The van der Waals surface area contributed by atoms with Gasteiger partial charge in [-0.05, 0) is 37.5 Å². The van der Waals surface area contributed by atoms with E-state index in [1.807, 2.05) is 0 Å². The van der Waals surface area contributed by atoms with Crippen LogP contribution in [0.1, 0.15) is 220 Å². The number of esters is 6. The number of rotatable bonds is 46. The van der Waals surface area contributed by atoms with Crippen molar-refractivity contribution in [2.24, 2.45) is 11.8 Å². The van der Waals surface area contributed by atoms with Crippen LogP contribution in [-0.4, -0.2) is 106 Å². The molecule has 18 heteroatoms. The van der Waals surface area contributed by atoms with Gasteiger partial charge >= 0.3 is 48.0 Å². The second-order valence-electron chi connectivity index (χ2n) is 17.9. The van der Waals surface area contributed by atoms with Gasteiger partial charge in [-0.15, -0.1) is 0 Å². The molecule has 0 spiro atoms. The zero-order chi connectivity index (χ0) is 52.5. The van der Waals surface area contributed by atoms with Crippen LogP contribution in [-0.2, 0) is 62.0 Å². The van der Waals surface area contributed by atoms with Gasteiger partial charge in [0.05, 0.1) is 26.4 Å². The lowest BCUT2D eigenvalue weighted by atomic mass is 9.97. The molecule has 0 aromatic rings. The molecule has 0 heterocycles. The van der Waals surface area contributed by atoms with Gasteiger partial charge in [-0.2, -0.15) is 13.2 Å². The van der Waals surface area contributed by atoms with Crippen LogP contribution < -0.4 is 5.32 Å². The quantitative estimate of drug-likeness (QED) is 0.0330. The molecule has 0 unspecified atom stereocenters. The highest BCUT2D eigenvalue weighted by molar-refractivity contribution is 5.77. The van der Waals surface area contributed by atoms with Gasteiger partial charge < -0.3 is 38.8 Å². The lowest BCUT2D eigenvalue weighted by Crippen LogP contribution is -2.27. The van der Waals surface area contributed by atoms with E-state index in [0.29, 0.717) is 26.4 Å². The number of carbonyl (C=O) groups excluding carboxylic acids is 6. The Kier molecular flexibility index (Phi) is 47.3. The van der Waals surface area contributed by atoms with E-state index in [0.717, 1.165) is 77.0 Å². The minimum Gasteiger partial charge on any atom is -0.475 e. The van der Waals surface area contributed by atoms with Crippen LogP contribution in [0.3, 0.4) is 0 Å². The summed E-state index contributed by atoms with van der Waals surface area (Å²) in [6.07, 6.45) is 19.9. The zero-order valence-corrected chi connectivity index (χ0v) is 43.4. The van der Waals surface area contributed by atoms with Crippen molar-refractivity contribution in [1.29, 1.82) is 0 Å². The largest absolute Gasteiger partial charge is 0.490 e. The van der Waals surface area contributed by atoms with Crippen molar-refractivity contribution in [3.8, 4) is 0 Å². The fourth-order valence-electron chi connectivity index (χ4n) is 7.07. The number of carbonyl (C=O) groups is 7. The number of halogens is 3. The summed E-state index contributed by atoms with van der Waals surface area (Å²) in [5.41, 5.74) is 0. The van der Waals surface area contributed by atoms with Gasteiger partial charge in [0.15, 0.2) is 0 Å². The molecule has 0 aromatic carbocycles. The van der Waals surface area contributed by atoms with Gasteiger partial charge in [-0.3, -0.25) is 28.8 Å². The normalized spacial score (nSPS) is 11.2. The Morgan fingerprint density at radius 3 is 0.743 bits per heavy atom. The molecule has 0 atom stereocenters. The highest BCUT2D eigenvalue weighted by Gasteiger charge is 2.38. The van der Waals surface area contributed by atoms with E-state index in [2.05, 4.69) is 33.0 Å². The minimum atomic E-state index is -5.08. The number of ether oxygens (including phenoxy) is 6. The maximum absolute atomic E-state index is 12.8. The average Bonchev–Trinajstić information content (AvgIpc) is 3.29. The fraction of sp³-hybridized carbons (Fsp3) is 0.865. The summed E-state index contributed by atoms with van der Waals surface area (Å²) >= 11 is 0. The number of hydrogen-bond donors (Lipinski definition) is 2. The van der Waals surface area contributed by atoms with Gasteiger partial charge in [-0.25, -0.2) is 4.79 Å². The van der Waals surface area contributed by atoms with Crippen LogP contribution >= 0.6 is 0 Å². The van der Waals surface area contributed by atoms with E-state index in [9.17, 15) is 41.9 Å². The first-order valence-corrected chi connectivity index (χ1v) is 26.5. The predicted octanol–water partition coefficient (Wildman–Crippen LogP) is 11.5. The zero-order valence-electron chi connectivity index (χ0n) is 43.4. The molecule has 0 amide bonds. The van der Waals surface area contributed by atoms with Crippen LogP contribution in [0.15, 0.2) is 0 Å². The Morgan fingerprint density at radius 1 is 0.357 bits per heavy atom. The third kappa shape index (κ3) is 49.0. The number of unbranched alkanes of at least 4 members (excludes halogenated alkanes) is 20. The summed E-state index contributed by atoms with van der Waals surface area (Å²) in [5.74, 6) is -6.82. The number of nitrogens with one attached hydrogen (secondary N) is 1. The van der Waals surface area contributed by atoms with E-state index < -0.39 is 59.8 Å². The van der Waals surface area contributed by atoms with E-state index in [-0.39, 0.29) is 64.8 Å². The first-order valence-electron chi connectivity index (χ1n) is 26.5. The summed E-state index contributed by atoms with van der Waals surface area (Å²) < 4.78 is 64.2. The molecule has 0 aliphatic carbocycles. The summed E-state index contributed by atoms with van der Waals surface area (Å²) in [6, 6.07) is 0. The van der Waals surface area contributed by atoms with E-state index in [1.165, 1.54) is 77.0 Å². The molecule has 0 saturated heterocycles. The lowest BCUT2D eigenvalue weighted by molar-refractivity contribution is -0.192. The molecule has 410 valence electrons. The van der Waals surface area contributed by atoms with Gasteiger partial charge in [0, 0.05) is 51.6 Å². The van der Waals surface area contributed by atoms with Crippen molar-refractivity contribution in [1.82, 2.24) is 5.32 Å². The molecular weight excluding hydrogens is 920 g/mol. The van der Waals surface area contributed by atoms with Crippen molar-refractivity contribution in [3.05, 3.63) is 0 Å². The highest BCUT2D eigenvalue weighted by atomic mass is 19.4. The SMILES string of the molecule is CCCCCCCCOC(=O)CC(CC(=O)OCCCCCCCC)CC(=O)OCCNCCOC(=O)CC(CC(=O)OCCCCCCCC)CC(=O)OCCCCCCCC.O=C(O)C(F)(F)F. The molecule has 0 bridgehead atoms. The van der Waals surface area contributed by atoms with E-state index in [1.54, 1.807) is 0 Å². The molecule has 0 aliphatic rings. The van der Waals surface area contributed by atoms with E-state index in [4.69, 9.17) is 38.3 Å². The lowest BCUT2D eigenvalue weighted by Gasteiger charge is -2.16. The van der Waals surface area contributed by atoms with Crippen LogP contribution in [0.5, 0.6) is 0 Å². The Balaban J connectivity index is 0. The highest BCUT2D eigenvalue weighted by Crippen LogP contribution is 2.20. The number of carboxylic acids is 1. The second kappa shape index (κ2) is 48.7. The smallest absolute Gasteiger partial charge is 0.475 e. The van der Waals surface area contributed by atoms with Gasteiger partial charge in [0.1, 0.15) is 13.2 Å². The van der Waals surface area contributed by atoms with Crippen molar-refractivity contribution in [2.75, 3.05) is 52.7 Å². The fourth-order valence-corrected chi connectivity index (χ4v) is 7.07. The molecule has 0 saturated carbocycles. The van der Waals surface area contributed by atoms with Crippen molar-refractivity contribution in [2.45, 2.75) is 226 Å². The van der Waals surface area contributed by atoms with Gasteiger partial charge in [0.25, 0.3) is 0 Å². The third-order valence-electron chi connectivity index (χ3n) is 11.1. The maximum Gasteiger partial charge on any atom is 0.490 e. The first kappa shape index (κ1) is 68.1. The third-order valence-corrected chi connectivity index (χ3v) is 11.1.